The zero-order valence-corrected chi connectivity index (χ0v) is 17.4. The summed E-state index contributed by atoms with van der Waals surface area (Å²) < 4.78 is 33.1. The number of hydrogen-bond donors (Lipinski definition) is 2. The second-order valence-corrected chi connectivity index (χ2v) is 8.43. The summed E-state index contributed by atoms with van der Waals surface area (Å²) in [5, 5.41) is 4.73. The third-order valence-electron chi connectivity index (χ3n) is 4.46. The summed E-state index contributed by atoms with van der Waals surface area (Å²) in [6.07, 6.45) is 5.34. The molecule has 3 aromatic rings. The largest absolute Gasteiger partial charge is 0.497 e. The van der Waals surface area contributed by atoms with Crippen LogP contribution in [0, 0.1) is 0 Å². The lowest BCUT2D eigenvalue weighted by molar-refractivity contribution is 0.415. The van der Waals surface area contributed by atoms with Crippen LogP contribution in [0.2, 0.25) is 0 Å². The van der Waals surface area contributed by atoms with Gasteiger partial charge in [0.1, 0.15) is 5.75 Å². The molecule has 0 aliphatic carbocycles. The van der Waals surface area contributed by atoms with Crippen molar-refractivity contribution < 1.29 is 13.2 Å². The van der Waals surface area contributed by atoms with Crippen molar-refractivity contribution in [1.29, 1.82) is 0 Å². The van der Waals surface area contributed by atoms with E-state index in [1.807, 2.05) is 37.3 Å². The average molecular weight is 412 g/mol. The second-order valence-electron chi connectivity index (χ2n) is 6.69. The molecule has 1 heterocycles. The molecule has 0 radical (unpaired) electrons. The predicted octanol–water partition coefficient (Wildman–Crippen LogP) is 3.21. The molecule has 0 amide bonds. The molecule has 2 N–H and O–H groups in total. The Morgan fingerprint density at radius 1 is 1.10 bits per heavy atom. The van der Waals surface area contributed by atoms with E-state index in [-0.39, 0.29) is 4.90 Å². The first-order chi connectivity index (χ1) is 14.0. The number of pyridine rings is 1. The first-order valence-electron chi connectivity index (χ1n) is 9.34. The van der Waals surface area contributed by atoms with Crippen LogP contribution in [-0.4, -0.2) is 40.1 Å². The van der Waals surface area contributed by atoms with E-state index in [4.69, 9.17) is 4.74 Å². The summed E-state index contributed by atoms with van der Waals surface area (Å²) in [5.74, 6) is 0.827. The number of benzene rings is 2. The van der Waals surface area contributed by atoms with Gasteiger partial charge in [0, 0.05) is 42.8 Å². The van der Waals surface area contributed by atoms with E-state index < -0.39 is 10.0 Å². The molecule has 6 nitrogen and oxygen atoms in total. The van der Waals surface area contributed by atoms with Gasteiger partial charge >= 0.3 is 0 Å². The smallest absolute Gasteiger partial charge is 0.241 e. The highest BCUT2D eigenvalue weighted by Gasteiger charge is 2.16. The van der Waals surface area contributed by atoms with Crippen molar-refractivity contribution >= 4 is 26.9 Å². The molecule has 1 aromatic heterocycles. The van der Waals surface area contributed by atoms with Crippen LogP contribution in [0.25, 0.3) is 16.8 Å². The standard InChI is InChI=1S/C22H25N3O3S/c1-17(14-18-6-8-20(28-2)9-7-18)15-24-12-13-25-29(26,27)22-5-3-4-19-16-23-11-10-21(19)22/h3-11,14,16,24-25H,12-13,15H2,1-2H3/b17-14+. The van der Waals surface area contributed by atoms with Crippen molar-refractivity contribution in [3.63, 3.8) is 0 Å². The van der Waals surface area contributed by atoms with E-state index in [1.54, 1.807) is 37.7 Å². The highest BCUT2D eigenvalue weighted by molar-refractivity contribution is 7.89. The van der Waals surface area contributed by atoms with E-state index in [0.717, 1.165) is 22.3 Å². The average Bonchev–Trinajstić information content (AvgIpc) is 2.73. The molecule has 2 aromatic carbocycles. The first-order valence-corrected chi connectivity index (χ1v) is 10.8. The van der Waals surface area contributed by atoms with Crippen molar-refractivity contribution in [3.8, 4) is 5.75 Å². The van der Waals surface area contributed by atoms with Crippen LogP contribution < -0.4 is 14.8 Å². The summed E-state index contributed by atoms with van der Waals surface area (Å²) in [5.41, 5.74) is 2.25. The number of nitrogens with one attached hydrogen (secondary N) is 2. The van der Waals surface area contributed by atoms with E-state index in [1.165, 1.54) is 0 Å². The quantitative estimate of drug-likeness (QED) is 0.529. The van der Waals surface area contributed by atoms with Gasteiger partial charge in [0.25, 0.3) is 0 Å². The van der Waals surface area contributed by atoms with Crippen molar-refractivity contribution in [1.82, 2.24) is 15.0 Å². The Morgan fingerprint density at radius 3 is 2.66 bits per heavy atom. The van der Waals surface area contributed by atoms with Crippen LogP contribution in [-0.2, 0) is 10.0 Å². The molecule has 0 atom stereocenters. The fourth-order valence-corrected chi connectivity index (χ4v) is 4.26. The molecule has 0 unspecified atom stereocenters. The maximum absolute atomic E-state index is 12.7. The molecule has 29 heavy (non-hydrogen) atoms. The zero-order valence-electron chi connectivity index (χ0n) is 16.6. The minimum atomic E-state index is -3.59. The van der Waals surface area contributed by atoms with E-state index in [0.29, 0.717) is 25.0 Å². The van der Waals surface area contributed by atoms with Crippen LogP contribution in [0.4, 0.5) is 0 Å². The molecule has 0 fully saturated rings. The predicted molar refractivity (Wildman–Crippen MR) is 116 cm³/mol. The van der Waals surface area contributed by atoms with Gasteiger partial charge < -0.3 is 10.1 Å². The molecule has 0 aliphatic rings. The number of ether oxygens (including phenoxy) is 1. The van der Waals surface area contributed by atoms with Crippen LogP contribution in [0.15, 0.2) is 71.4 Å². The molecule has 0 saturated heterocycles. The summed E-state index contributed by atoms with van der Waals surface area (Å²) in [6, 6.07) is 14.7. The lowest BCUT2D eigenvalue weighted by Crippen LogP contribution is -2.32. The van der Waals surface area contributed by atoms with E-state index in [2.05, 4.69) is 21.1 Å². The first kappa shape index (κ1) is 21.0. The van der Waals surface area contributed by atoms with Gasteiger partial charge in [0.2, 0.25) is 10.0 Å². The van der Waals surface area contributed by atoms with Gasteiger partial charge in [0.05, 0.1) is 12.0 Å². The molecular formula is C22H25N3O3S. The highest BCUT2D eigenvalue weighted by Crippen LogP contribution is 2.21. The van der Waals surface area contributed by atoms with Crippen molar-refractivity contribution in [3.05, 3.63) is 72.1 Å². The van der Waals surface area contributed by atoms with Crippen LogP contribution in [0.5, 0.6) is 5.75 Å². The van der Waals surface area contributed by atoms with Gasteiger partial charge in [0.15, 0.2) is 0 Å². The topological polar surface area (TPSA) is 80.3 Å². The Morgan fingerprint density at radius 2 is 1.90 bits per heavy atom. The molecule has 0 aliphatic heterocycles. The van der Waals surface area contributed by atoms with Gasteiger partial charge in [-0.15, -0.1) is 0 Å². The number of methoxy groups -OCH3 is 1. The number of fused-ring (bicyclic) bond motifs is 1. The Labute approximate surface area is 171 Å². The SMILES string of the molecule is COc1ccc(/C=C(\C)CNCCNS(=O)(=O)c2cccc3cnccc23)cc1. The van der Waals surface area contributed by atoms with Crippen LogP contribution in [0.3, 0.4) is 0 Å². The van der Waals surface area contributed by atoms with Crippen molar-refractivity contribution in [2.24, 2.45) is 0 Å². The van der Waals surface area contributed by atoms with Gasteiger partial charge in [-0.05, 0) is 36.8 Å². The number of nitrogens with zero attached hydrogens (tertiary/aromatic N) is 1. The number of rotatable bonds is 9. The second kappa shape index (κ2) is 9.65. The van der Waals surface area contributed by atoms with Gasteiger partial charge in [-0.3, -0.25) is 4.98 Å². The normalized spacial score (nSPS) is 12.3. The highest BCUT2D eigenvalue weighted by atomic mass is 32.2. The van der Waals surface area contributed by atoms with Crippen molar-refractivity contribution in [2.75, 3.05) is 26.7 Å². The number of sulfonamides is 1. The third kappa shape index (κ3) is 5.63. The molecule has 3 rings (SSSR count). The summed E-state index contributed by atoms with van der Waals surface area (Å²) >= 11 is 0. The summed E-state index contributed by atoms with van der Waals surface area (Å²) in [6.45, 7) is 3.54. The molecule has 0 bridgehead atoms. The van der Waals surface area contributed by atoms with Gasteiger partial charge in [-0.1, -0.05) is 35.9 Å². The summed E-state index contributed by atoms with van der Waals surface area (Å²) in [4.78, 5) is 4.31. The lowest BCUT2D eigenvalue weighted by atomic mass is 10.1. The Kier molecular flexibility index (Phi) is 6.98. The molecule has 0 spiro atoms. The maximum atomic E-state index is 12.7. The minimum Gasteiger partial charge on any atom is -0.497 e. The maximum Gasteiger partial charge on any atom is 0.241 e. The Hall–Kier alpha value is -2.74. The van der Waals surface area contributed by atoms with Crippen LogP contribution >= 0.6 is 0 Å². The lowest BCUT2D eigenvalue weighted by Gasteiger charge is -2.10. The van der Waals surface area contributed by atoms with E-state index >= 15 is 0 Å². The number of aromatic nitrogens is 1. The molecule has 152 valence electrons. The van der Waals surface area contributed by atoms with Gasteiger partial charge in [-0.2, -0.15) is 0 Å². The Bertz CT molecular complexity index is 1090. The molecule has 7 heteroatoms. The van der Waals surface area contributed by atoms with Gasteiger partial charge in [-0.25, -0.2) is 13.1 Å². The fraction of sp³-hybridized carbons (Fsp3) is 0.227. The zero-order chi connectivity index (χ0) is 20.7. The molecule has 0 saturated carbocycles. The van der Waals surface area contributed by atoms with E-state index in [9.17, 15) is 8.42 Å². The number of hydrogen-bond acceptors (Lipinski definition) is 5. The minimum absolute atomic E-state index is 0.271. The van der Waals surface area contributed by atoms with Crippen LogP contribution in [0.1, 0.15) is 12.5 Å². The van der Waals surface area contributed by atoms with Crippen molar-refractivity contribution in [2.45, 2.75) is 11.8 Å². The Balaban J connectivity index is 1.51. The third-order valence-corrected chi connectivity index (χ3v) is 5.98. The summed E-state index contributed by atoms with van der Waals surface area (Å²) in [7, 11) is -1.94. The fourth-order valence-electron chi connectivity index (χ4n) is 3.00. The molecular weight excluding hydrogens is 386 g/mol. The monoisotopic (exact) mass is 411 g/mol.